The fourth-order valence-corrected chi connectivity index (χ4v) is 1.67. The van der Waals surface area contributed by atoms with Gasteiger partial charge in [0, 0.05) is 10.9 Å². The van der Waals surface area contributed by atoms with Crippen LogP contribution in [-0.2, 0) is 0 Å². The van der Waals surface area contributed by atoms with Gasteiger partial charge >= 0.3 is 6.09 Å². The van der Waals surface area contributed by atoms with E-state index in [4.69, 9.17) is 5.11 Å². The highest BCUT2D eigenvalue weighted by Gasteiger charge is 2.08. The molecule has 0 saturated heterocycles. The first-order valence-corrected chi connectivity index (χ1v) is 4.97. The van der Waals surface area contributed by atoms with Crippen molar-refractivity contribution < 1.29 is 9.90 Å². The smallest absolute Gasteiger partial charge is 0.409 e. The molecule has 0 aliphatic carbocycles. The third kappa shape index (κ3) is 2.10. The van der Waals surface area contributed by atoms with Crippen LogP contribution < -0.4 is 5.32 Å². The summed E-state index contributed by atoms with van der Waals surface area (Å²) in [5, 5.41) is 16.6. The minimum atomic E-state index is -1.09. The number of hydrogen-bond donors (Lipinski definition) is 2. The molecule has 1 heterocycles. The molecule has 6 heteroatoms. The first-order chi connectivity index (χ1) is 7.27. The Hall–Kier alpha value is -1.95. The zero-order valence-corrected chi connectivity index (χ0v) is 8.36. The van der Waals surface area contributed by atoms with E-state index in [1.807, 2.05) is 6.07 Å². The number of rotatable bonds is 2. The van der Waals surface area contributed by atoms with Crippen LogP contribution in [0.2, 0.25) is 0 Å². The van der Waals surface area contributed by atoms with E-state index < -0.39 is 6.09 Å². The number of nitrogens with one attached hydrogen (secondary N) is 1. The van der Waals surface area contributed by atoms with Crippen LogP contribution in [0.1, 0.15) is 0 Å². The Morgan fingerprint density at radius 2 is 2.20 bits per heavy atom. The molecule has 2 aromatic rings. The fraction of sp³-hybridized carbons (Fsp3) is 0. The van der Waals surface area contributed by atoms with E-state index in [9.17, 15) is 4.79 Å². The summed E-state index contributed by atoms with van der Waals surface area (Å²) in [6.45, 7) is 0. The molecule has 5 nitrogen and oxygen atoms in total. The van der Waals surface area contributed by atoms with Crippen LogP contribution in [0, 0.1) is 0 Å². The van der Waals surface area contributed by atoms with Crippen molar-refractivity contribution in [2.24, 2.45) is 0 Å². The lowest BCUT2D eigenvalue weighted by molar-refractivity contribution is 0.210. The summed E-state index contributed by atoms with van der Waals surface area (Å²) in [7, 11) is 0. The second kappa shape index (κ2) is 4.05. The normalized spacial score (nSPS) is 9.87. The zero-order chi connectivity index (χ0) is 10.7. The molecule has 1 aromatic carbocycles. The molecule has 76 valence electrons. The van der Waals surface area contributed by atoms with Gasteiger partial charge in [0.1, 0.15) is 5.69 Å². The third-order valence-electron chi connectivity index (χ3n) is 1.80. The van der Waals surface area contributed by atoms with Gasteiger partial charge in [-0.2, -0.15) is 0 Å². The Labute approximate surface area is 89.5 Å². The number of anilines is 1. The van der Waals surface area contributed by atoms with Gasteiger partial charge in [-0.15, -0.1) is 5.10 Å². The highest BCUT2D eigenvalue weighted by atomic mass is 32.1. The molecule has 0 atom stereocenters. The van der Waals surface area contributed by atoms with Crippen molar-refractivity contribution in [2.75, 3.05) is 5.32 Å². The summed E-state index contributed by atoms with van der Waals surface area (Å²) in [5.41, 5.74) is 1.91. The largest absolute Gasteiger partial charge is 0.465 e. The topological polar surface area (TPSA) is 75.1 Å². The van der Waals surface area contributed by atoms with E-state index in [1.54, 1.807) is 23.6 Å². The van der Waals surface area contributed by atoms with E-state index in [1.165, 1.54) is 11.5 Å². The number of hydrogen-bond acceptors (Lipinski definition) is 4. The predicted molar refractivity (Wildman–Crippen MR) is 57.0 cm³/mol. The number of amides is 1. The second-order valence-electron chi connectivity index (χ2n) is 2.77. The van der Waals surface area contributed by atoms with Gasteiger partial charge in [-0.1, -0.05) is 22.7 Å². The molecular weight excluding hydrogens is 214 g/mol. The third-order valence-corrected chi connectivity index (χ3v) is 2.31. The molecule has 15 heavy (non-hydrogen) atoms. The molecule has 0 bridgehead atoms. The predicted octanol–water partition coefficient (Wildman–Crippen LogP) is 2.29. The summed E-state index contributed by atoms with van der Waals surface area (Å²) in [4.78, 5) is 10.5. The van der Waals surface area contributed by atoms with Crippen molar-refractivity contribution in [3.63, 3.8) is 0 Å². The minimum absolute atomic E-state index is 0.512. The number of carbonyl (C=O) groups is 1. The lowest BCUT2D eigenvalue weighted by Gasteiger charge is -2.05. The fourth-order valence-electron chi connectivity index (χ4n) is 1.21. The minimum Gasteiger partial charge on any atom is -0.465 e. The zero-order valence-electron chi connectivity index (χ0n) is 7.54. The number of benzene rings is 1. The van der Waals surface area contributed by atoms with Crippen LogP contribution in [0.5, 0.6) is 0 Å². The summed E-state index contributed by atoms with van der Waals surface area (Å²) in [6, 6.07) is 7.06. The maximum atomic E-state index is 10.5. The molecule has 1 amide bonds. The summed E-state index contributed by atoms with van der Waals surface area (Å²) >= 11 is 1.23. The van der Waals surface area contributed by atoms with Crippen molar-refractivity contribution in [1.82, 2.24) is 9.59 Å². The first kappa shape index (κ1) is 9.60. The molecule has 2 N–H and O–H groups in total. The van der Waals surface area contributed by atoms with Gasteiger partial charge in [0.05, 0.1) is 5.69 Å². The maximum absolute atomic E-state index is 10.5. The molecule has 0 aliphatic rings. The van der Waals surface area contributed by atoms with Crippen LogP contribution in [-0.4, -0.2) is 20.8 Å². The molecule has 0 aliphatic heterocycles. The Bertz CT molecular complexity index is 470. The number of aromatic nitrogens is 2. The average molecular weight is 221 g/mol. The molecule has 1 aromatic heterocycles. The SMILES string of the molecule is O=C(O)Nc1ccccc1-c1csnn1. The quantitative estimate of drug-likeness (QED) is 0.815. The molecule has 0 unspecified atom stereocenters. The average Bonchev–Trinajstić information content (AvgIpc) is 2.70. The van der Waals surface area contributed by atoms with E-state index in [-0.39, 0.29) is 0 Å². The van der Waals surface area contributed by atoms with Crippen molar-refractivity contribution in [2.45, 2.75) is 0 Å². The highest BCUT2D eigenvalue weighted by molar-refractivity contribution is 7.03. The first-order valence-electron chi connectivity index (χ1n) is 4.14. The lowest BCUT2D eigenvalue weighted by atomic mass is 10.1. The van der Waals surface area contributed by atoms with Crippen molar-refractivity contribution in [1.29, 1.82) is 0 Å². The Morgan fingerprint density at radius 3 is 2.87 bits per heavy atom. The molecule has 2 rings (SSSR count). The highest BCUT2D eigenvalue weighted by Crippen LogP contribution is 2.26. The summed E-state index contributed by atoms with van der Waals surface area (Å²) < 4.78 is 3.74. The van der Waals surface area contributed by atoms with Crippen molar-refractivity contribution in [3.05, 3.63) is 29.6 Å². The number of carboxylic acid groups (broad SMARTS) is 1. The van der Waals surface area contributed by atoms with Gasteiger partial charge in [0.15, 0.2) is 0 Å². The van der Waals surface area contributed by atoms with Crippen LogP contribution in [0.4, 0.5) is 10.5 Å². The second-order valence-corrected chi connectivity index (χ2v) is 3.38. The van der Waals surface area contributed by atoms with Gasteiger partial charge in [-0.25, -0.2) is 4.79 Å². The number of para-hydroxylation sites is 1. The van der Waals surface area contributed by atoms with Gasteiger partial charge in [-0.05, 0) is 17.6 Å². The Balaban J connectivity index is 2.42. The van der Waals surface area contributed by atoms with Crippen LogP contribution in [0.25, 0.3) is 11.3 Å². The van der Waals surface area contributed by atoms with Gasteiger partial charge in [0.25, 0.3) is 0 Å². The van der Waals surface area contributed by atoms with E-state index >= 15 is 0 Å². The van der Waals surface area contributed by atoms with E-state index in [0.717, 1.165) is 5.56 Å². The van der Waals surface area contributed by atoms with Crippen LogP contribution in [0.3, 0.4) is 0 Å². The van der Waals surface area contributed by atoms with Crippen molar-refractivity contribution in [3.8, 4) is 11.3 Å². The van der Waals surface area contributed by atoms with Gasteiger partial charge in [-0.3, -0.25) is 5.32 Å². The van der Waals surface area contributed by atoms with Crippen molar-refractivity contribution >= 4 is 23.3 Å². The molecule has 0 spiro atoms. The Morgan fingerprint density at radius 1 is 1.40 bits per heavy atom. The standard InChI is InChI=1S/C9H7N3O2S/c13-9(14)10-7-4-2-1-3-6(7)8-5-15-12-11-8/h1-5,10H,(H,13,14). The van der Waals surface area contributed by atoms with Crippen LogP contribution in [0.15, 0.2) is 29.6 Å². The van der Waals surface area contributed by atoms with E-state index in [0.29, 0.717) is 11.4 Å². The monoisotopic (exact) mass is 221 g/mol. The van der Waals surface area contributed by atoms with E-state index in [2.05, 4.69) is 14.9 Å². The lowest BCUT2D eigenvalue weighted by Crippen LogP contribution is -2.08. The molecule has 0 radical (unpaired) electrons. The molecule has 0 fully saturated rings. The maximum Gasteiger partial charge on any atom is 0.409 e. The van der Waals surface area contributed by atoms with Gasteiger partial charge in [0.2, 0.25) is 0 Å². The van der Waals surface area contributed by atoms with Gasteiger partial charge < -0.3 is 5.11 Å². The summed E-state index contributed by atoms with van der Waals surface area (Å²) in [6.07, 6.45) is -1.09. The molecular formula is C9H7N3O2S. The number of nitrogens with zero attached hydrogens (tertiary/aromatic N) is 2. The Kier molecular flexibility index (Phi) is 2.59. The van der Waals surface area contributed by atoms with Crippen LogP contribution >= 0.6 is 11.5 Å². The molecule has 0 saturated carbocycles. The summed E-state index contributed by atoms with van der Waals surface area (Å²) in [5.74, 6) is 0.